The zero-order chi connectivity index (χ0) is 25.7. The van der Waals surface area contributed by atoms with Crippen molar-refractivity contribution < 1.29 is 8.78 Å². The van der Waals surface area contributed by atoms with Crippen LogP contribution in [0.5, 0.6) is 0 Å². The minimum atomic E-state index is -0.562. The molecule has 0 fully saturated rings. The Morgan fingerprint density at radius 3 is 2.50 bits per heavy atom. The largest absolute Gasteiger partial charge is 0.292 e. The third kappa shape index (κ3) is 5.41. The Balaban J connectivity index is 1.71. The predicted molar refractivity (Wildman–Crippen MR) is 137 cm³/mol. The van der Waals surface area contributed by atoms with Crippen molar-refractivity contribution >= 4 is 0 Å². The molecule has 4 nitrogen and oxygen atoms in total. The van der Waals surface area contributed by atoms with E-state index in [0.717, 1.165) is 53.4 Å². The van der Waals surface area contributed by atoms with Crippen LogP contribution in [0.2, 0.25) is 0 Å². The molecular weight excluding hydrogens is 456 g/mol. The van der Waals surface area contributed by atoms with Crippen LogP contribution < -0.4 is 5.56 Å². The molecule has 3 aromatic carbocycles. The molecule has 4 rings (SSSR count). The summed E-state index contributed by atoms with van der Waals surface area (Å²) in [5, 5.41) is 9.41. The van der Waals surface area contributed by atoms with Gasteiger partial charge in [-0.25, -0.2) is 13.8 Å². The highest BCUT2D eigenvalue weighted by atomic mass is 19.1. The van der Waals surface area contributed by atoms with Crippen molar-refractivity contribution in [2.45, 2.75) is 46.1 Å². The van der Waals surface area contributed by atoms with Crippen molar-refractivity contribution in [3.63, 3.8) is 0 Å². The second kappa shape index (κ2) is 11.1. The SMILES string of the molecule is CCCCc1nc(C)n(Cc2cc(F)ccc2F)c(=O)c1Cc1ccc(-c2ccccc2C#N)cc1. The standard InChI is InChI=1S/C30H27F2N3O/c1-3-4-9-29-27(16-21-10-12-22(13-11-21)26-8-6-5-7-23(26)18-33)30(36)35(20(2)34-29)19-24-17-25(31)14-15-28(24)32/h5-8,10-15,17H,3-4,9,16,19H2,1-2H3. The molecule has 0 aliphatic heterocycles. The van der Waals surface area contributed by atoms with Gasteiger partial charge in [0, 0.05) is 17.5 Å². The molecule has 1 heterocycles. The molecule has 6 heteroatoms. The molecule has 0 unspecified atom stereocenters. The average molecular weight is 484 g/mol. The lowest BCUT2D eigenvalue weighted by molar-refractivity contribution is 0.567. The Morgan fingerprint density at radius 2 is 1.78 bits per heavy atom. The van der Waals surface area contributed by atoms with Gasteiger partial charge >= 0.3 is 0 Å². The van der Waals surface area contributed by atoms with Gasteiger partial charge in [-0.2, -0.15) is 5.26 Å². The lowest BCUT2D eigenvalue weighted by atomic mass is 9.96. The van der Waals surface area contributed by atoms with Gasteiger partial charge in [-0.3, -0.25) is 9.36 Å². The number of aryl methyl sites for hydroxylation is 2. The second-order valence-corrected chi connectivity index (χ2v) is 8.85. The monoisotopic (exact) mass is 483 g/mol. The highest BCUT2D eigenvalue weighted by Gasteiger charge is 2.17. The summed E-state index contributed by atoms with van der Waals surface area (Å²) >= 11 is 0. The van der Waals surface area contributed by atoms with E-state index in [1.54, 1.807) is 13.0 Å². The smallest absolute Gasteiger partial charge is 0.257 e. The number of rotatable bonds is 8. The molecule has 0 aliphatic carbocycles. The van der Waals surface area contributed by atoms with Gasteiger partial charge in [-0.15, -0.1) is 0 Å². The highest BCUT2D eigenvalue weighted by molar-refractivity contribution is 5.70. The first-order chi connectivity index (χ1) is 17.4. The predicted octanol–water partition coefficient (Wildman–Crippen LogP) is 6.35. The molecule has 182 valence electrons. The fourth-order valence-corrected chi connectivity index (χ4v) is 4.34. The van der Waals surface area contributed by atoms with Crippen LogP contribution in [0.1, 0.15) is 53.5 Å². The van der Waals surface area contributed by atoms with E-state index in [4.69, 9.17) is 4.98 Å². The molecule has 0 bridgehead atoms. The Labute approximate surface area is 209 Å². The first-order valence-corrected chi connectivity index (χ1v) is 12.0. The van der Waals surface area contributed by atoms with Crippen LogP contribution in [0.3, 0.4) is 0 Å². The molecule has 0 spiro atoms. The maximum absolute atomic E-state index is 14.3. The fraction of sp³-hybridized carbons (Fsp3) is 0.233. The van der Waals surface area contributed by atoms with Gasteiger partial charge in [0.2, 0.25) is 0 Å². The molecule has 0 atom stereocenters. The molecule has 0 radical (unpaired) electrons. The van der Waals surface area contributed by atoms with Gasteiger partial charge in [0.1, 0.15) is 17.5 Å². The van der Waals surface area contributed by atoms with E-state index in [-0.39, 0.29) is 17.7 Å². The summed E-state index contributed by atoms with van der Waals surface area (Å²) < 4.78 is 29.5. The van der Waals surface area contributed by atoms with E-state index in [0.29, 0.717) is 29.8 Å². The third-order valence-corrected chi connectivity index (χ3v) is 6.34. The Kier molecular flexibility index (Phi) is 7.70. The zero-order valence-corrected chi connectivity index (χ0v) is 20.4. The van der Waals surface area contributed by atoms with Crippen LogP contribution in [0.15, 0.2) is 71.5 Å². The molecule has 0 saturated carbocycles. The second-order valence-electron chi connectivity index (χ2n) is 8.85. The number of aromatic nitrogens is 2. The molecule has 0 aliphatic rings. The minimum Gasteiger partial charge on any atom is -0.292 e. The van der Waals surface area contributed by atoms with E-state index in [9.17, 15) is 18.8 Å². The molecule has 0 N–H and O–H groups in total. The number of halogens is 2. The van der Waals surface area contributed by atoms with E-state index in [2.05, 4.69) is 13.0 Å². The number of benzene rings is 3. The van der Waals surface area contributed by atoms with Gasteiger partial charge in [0.15, 0.2) is 0 Å². The van der Waals surface area contributed by atoms with Crippen molar-refractivity contribution in [1.29, 1.82) is 5.26 Å². The van der Waals surface area contributed by atoms with Gasteiger partial charge < -0.3 is 0 Å². The topological polar surface area (TPSA) is 58.7 Å². The van der Waals surface area contributed by atoms with Gasteiger partial charge in [-0.05, 0) is 60.7 Å². The van der Waals surface area contributed by atoms with Gasteiger partial charge in [-0.1, -0.05) is 55.8 Å². The highest BCUT2D eigenvalue weighted by Crippen LogP contribution is 2.24. The Morgan fingerprint density at radius 1 is 1.03 bits per heavy atom. The lowest BCUT2D eigenvalue weighted by Gasteiger charge is -2.16. The van der Waals surface area contributed by atoms with E-state index in [1.165, 1.54) is 4.57 Å². The average Bonchev–Trinajstić information content (AvgIpc) is 2.89. The normalized spacial score (nSPS) is 10.9. The molecular formula is C30H27F2N3O. The van der Waals surface area contributed by atoms with Crippen molar-refractivity contribution in [3.8, 4) is 17.2 Å². The number of nitrogens with zero attached hydrogens (tertiary/aromatic N) is 3. The summed E-state index contributed by atoms with van der Waals surface area (Å²) in [7, 11) is 0. The van der Waals surface area contributed by atoms with Crippen LogP contribution >= 0.6 is 0 Å². The number of hydrogen-bond donors (Lipinski definition) is 0. The Hall–Kier alpha value is -4.11. The van der Waals surface area contributed by atoms with Crippen molar-refractivity contribution in [2.75, 3.05) is 0 Å². The van der Waals surface area contributed by atoms with Crippen molar-refractivity contribution in [3.05, 3.63) is 122 Å². The molecule has 36 heavy (non-hydrogen) atoms. The summed E-state index contributed by atoms with van der Waals surface area (Å²) in [5.41, 5.74) is 4.48. The number of hydrogen-bond acceptors (Lipinski definition) is 3. The van der Waals surface area contributed by atoms with Crippen molar-refractivity contribution in [1.82, 2.24) is 9.55 Å². The minimum absolute atomic E-state index is 0.0911. The summed E-state index contributed by atoms with van der Waals surface area (Å²) in [6.45, 7) is 3.71. The first kappa shape index (κ1) is 25.0. The summed E-state index contributed by atoms with van der Waals surface area (Å²) in [5.74, 6) is -0.641. The first-order valence-electron chi connectivity index (χ1n) is 12.0. The molecule has 4 aromatic rings. The summed E-state index contributed by atoms with van der Waals surface area (Å²) in [4.78, 5) is 18.3. The van der Waals surface area contributed by atoms with Crippen LogP contribution in [0, 0.1) is 29.9 Å². The molecule has 0 amide bonds. The fourth-order valence-electron chi connectivity index (χ4n) is 4.34. The summed E-state index contributed by atoms with van der Waals surface area (Å²) in [6, 6.07) is 20.7. The van der Waals surface area contributed by atoms with E-state index >= 15 is 0 Å². The summed E-state index contributed by atoms with van der Waals surface area (Å²) in [6.07, 6.45) is 2.90. The lowest BCUT2D eigenvalue weighted by Crippen LogP contribution is -2.30. The molecule has 1 aromatic heterocycles. The quantitative estimate of drug-likeness (QED) is 0.293. The van der Waals surface area contributed by atoms with Gasteiger partial charge in [0.05, 0.1) is 23.9 Å². The van der Waals surface area contributed by atoms with E-state index < -0.39 is 11.6 Å². The van der Waals surface area contributed by atoms with E-state index in [1.807, 2.05) is 42.5 Å². The maximum Gasteiger partial charge on any atom is 0.257 e. The Bertz CT molecular complexity index is 1480. The van der Waals surface area contributed by atoms with Crippen molar-refractivity contribution in [2.24, 2.45) is 0 Å². The van der Waals surface area contributed by atoms with Gasteiger partial charge in [0.25, 0.3) is 5.56 Å². The zero-order valence-electron chi connectivity index (χ0n) is 20.4. The van der Waals surface area contributed by atoms with Crippen LogP contribution in [-0.4, -0.2) is 9.55 Å². The third-order valence-electron chi connectivity index (χ3n) is 6.34. The van der Waals surface area contributed by atoms with Crippen LogP contribution in [-0.2, 0) is 19.4 Å². The van der Waals surface area contributed by atoms with Crippen LogP contribution in [0.25, 0.3) is 11.1 Å². The number of unbranched alkanes of at least 4 members (excludes halogenated alkanes) is 1. The van der Waals surface area contributed by atoms with Crippen LogP contribution in [0.4, 0.5) is 8.78 Å². The molecule has 0 saturated heterocycles. The maximum atomic E-state index is 14.3. The number of nitriles is 1.